The summed E-state index contributed by atoms with van der Waals surface area (Å²) in [6, 6.07) is 10.0. The predicted molar refractivity (Wildman–Crippen MR) is 79.1 cm³/mol. The van der Waals surface area contributed by atoms with Gasteiger partial charge >= 0.3 is 0 Å². The number of nitrogens with zero attached hydrogens (tertiary/aromatic N) is 5. The van der Waals surface area contributed by atoms with E-state index in [2.05, 4.69) is 15.4 Å². The highest BCUT2D eigenvalue weighted by atomic mass is 15.4. The van der Waals surface area contributed by atoms with Gasteiger partial charge in [-0.3, -0.25) is 0 Å². The molecule has 3 aromatic rings. The van der Waals surface area contributed by atoms with Crippen molar-refractivity contribution in [1.29, 1.82) is 0 Å². The quantitative estimate of drug-likeness (QED) is 0.793. The first-order chi connectivity index (χ1) is 10.3. The summed E-state index contributed by atoms with van der Waals surface area (Å²) in [6.45, 7) is 0.656. The number of anilines is 1. The molecule has 0 unspecified atom stereocenters. The standard InChI is InChI=1S/C15H16N6/c16-15-14(12-6-7-12)21(19-18-15)10-11-8-17-20(9-11)13-4-2-1-3-5-13/h1-5,8-9,12H,6-7,10,16H2. The van der Waals surface area contributed by atoms with Crippen LogP contribution in [0.1, 0.15) is 30.0 Å². The number of rotatable bonds is 4. The molecule has 0 saturated heterocycles. The van der Waals surface area contributed by atoms with Crippen LogP contribution in [0.5, 0.6) is 0 Å². The third kappa shape index (κ3) is 2.29. The Labute approximate surface area is 122 Å². The van der Waals surface area contributed by atoms with Gasteiger partial charge < -0.3 is 5.73 Å². The van der Waals surface area contributed by atoms with Gasteiger partial charge in [0.2, 0.25) is 0 Å². The molecular formula is C15H16N6. The van der Waals surface area contributed by atoms with Crippen molar-refractivity contribution in [2.24, 2.45) is 0 Å². The summed E-state index contributed by atoms with van der Waals surface area (Å²) in [4.78, 5) is 0. The van der Waals surface area contributed by atoms with Crippen LogP contribution in [0.3, 0.4) is 0 Å². The molecule has 0 bridgehead atoms. The Kier molecular flexibility index (Phi) is 2.73. The van der Waals surface area contributed by atoms with Gasteiger partial charge in [0.05, 0.1) is 24.1 Å². The molecule has 2 heterocycles. The van der Waals surface area contributed by atoms with Gasteiger partial charge in [0.15, 0.2) is 5.82 Å². The van der Waals surface area contributed by atoms with Crippen LogP contribution in [0, 0.1) is 0 Å². The molecule has 1 saturated carbocycles. The van der Waals surface area contributed by atoms with E-state index in [4.69, 9.17) is 5.73 Å². The van der Waals surface area contributed by atoms with Gasteiger partial charge in [0.25, 0.3) is 0 Å². The van der Waals surface area contributed by atoms with E-state index >= 15 is 0 Å². The van der Waals surface area contributed by atoms with E-state index in [1.54, 1.807) is 0 Å². The highest BCUT2D eigenvalue weighted by molar-refractivity contribution is 5.38. The number of aromatic nitrogens is 5. The summed E-state index contributed by atoms with van der Waals surface area (Å²) in [5, 5.41) is 12.6. The van der Waals surface area contributed by atoms with Gasteiger partial charge in [-0.25, -0.2) is 9.36 Å². The zero-order valence-corrected chi connectivity index (χ0v) is 11.6. The van der Waals surface area contributed by atoms with Gasteiger partial charge in [-0.05, 0) is 25.0 Å². The van der Waals surface area contributed by atoms with Crippen LogP contribution in [-0.2, 0) is 6.54 Å². The van der Waals surface area contributed by atoms with Crippen molar-refractivity contribution in [3.8, 4) is 5.69 Å². The zero-order chi connectivity index (χ0) is 14.2. The molecule has 106 valence electrons. The second-order valence-corrected chi connectivity index (χ2v) is 5.42. The molecular weight excluding hydrogens is 264 g/mol. The van der Waals surface area contributed by atoms with Gasteiger partial charge in [-0.1, -0.05) is 23.4 Å². The monoisotopic (exact) mass is 280 g/mol. The molecule has 1 fully saturated rings. The summed E-state index contributed by atoms with van der Waals surface area (Å²) in [7, 11) is 0. The molecule has 0 amide bonds. The number of hydrogen-bond acceptors (Lipinski definition) is 4. The topological polar surface area (TPSA) is 74.6 Å². The fourth-order valence-electron chi connectivity index (χ4n) is 2.56. The minimum Gasteiger partial charge on any atom is -0.381 e. The first-order valence-electron chi connectivity index (χ1n) is 7.09. The fraction of sp³-hybridized carbons (Fsp3) is 0.267. The maximum absolute atomic E-state index is 5.92. The lowest BCUT2D eigenvalue weighted by Gasteiger charge is -2.03. The molecule has 21 heavy (non-hydrogen) atoms. The molecule has 1 aliphatic carbocycles. The number of nitrogens with two attached hydrogens (primary N) is 1. The third-order valence-electron chi connectivity index (χ3n) is 3.75. The van der Waals surface area contributed by atoms with E-state index in [0.29, 0.717) is 18.3 Å². The van der Waals surface area contributed by atoms with E-state index in [1.165, 1.54) is 12.8 Å². The first-order valence-corrected chi connectivity index (χ1v) is 7.09. The maximum Gasteiger partial charge on any atom is 0.169 e. The van der Waals surface area contributed by atoms with Crippen molar-refractivity contribution in [1.82, 2.24) is 24.8 Å². The van der Waals surface area contributed by atoms with Gasteiger partial charge in [0, 0.05) is 17.7 Å². The average Bonchev–Trinajstić information content (AvgIpc) is 3.12. The Balaban J connectivity index is 1.60. The molecule has 0 aliphatic heterocycles. The van der Waals surface area contributed by atoms with Crippen molar-refractivity contribution in [2.75, 3.05) is 5.73 Å². The van der Waals surface area contributed by atoms with E-state index in [1.807, 2.05) is 52.1 Å². The summed E-state index contributed by atoms with van der Waals surface area (Å²) < 4.78 is 3.77. The van der Waals surface area contributed by atoms with Crippen LogP contribution in [0.4, 0.5) is 5.82 Å². The summed E-state index contributed by atoms with van der Waals surface area (Å²) >= 11 is 0. The molecule has 2 N–H and O–H groups in total. The third-order valence-corrected chi connectivity index (χ3v) is 3.75. The zero-order valence-electron chi connectivity index (χ0n) is 11.6. The molecule has 0 atom stereocenters. The Bertz CT molecular complexity index is 754. The van der Waals surface area contributed by atoms with Crippen molar-refractivity contribution in [2.45, 2.75) is 25.3 Å². The van der Waals surface area contributed by atoms with Crippen molar-refractivity contribution in [3.63, 3.8) is 0 Å². The minimum absolute atomic E-state index is 0.532. The van der Waals surface area contributed by atoms with Crippen molar-refractivity contribution >= 4 is 5.82 Å². The molecule has 1 aromatic carbocycles. The summed E-state index contributed by atoms with van der Waals surface area (Å²) in [6.07, 6.45) is 6.24. The van der Waals surface area contributed by atoms with Crippen LogP contribution in [0.15, 0.2) is 42.7 Å². The largest absolute Gasteiger partial charge is 0.381 e. The molecule has 0 spiro atoms. The van der Waals surface area contributed by atoms with Crippen LogP contribution >= 0.6 is 0 Å². The lowest BCUT2D eigenvalue weighted by Crippen LogP contribution is -2.06. The molecule has 4 rings (SSSR count). The Morgan fingerprint density at radius 2 is 2.00 bits per heavy atom. The molecule has 6 heteroatoms. The van der Waals surface area contributed by atoms with Crippen LogP contribution < -0.4 is 5.73 Å². The Morgan fingerprint density at radius 1 is 1.19 bits per heavy atom. The number of hydrogen-bond donors (Lipinski definition) is 1. The highest BCUT2D eigenvalue weighted by Gasteiger charge is 2.30. The normalized spacial score (nSPS) is 14.5. The fourth-order valence-corrected chi connectivity index (χ4v) is 2.56. The average molecular weight is 280 g/mol. The maximum atomic E-state index is 5.92. The number of nitrogen functional groups attached to an aromatic ring is 1. The van der Waals surface area contributed by atoms with Gasteiger partial charge in [-0.2, -0.15) is 5.10 Å². The Morgan fingerprint density at radius 3 is 2.76 bits per heavy atom. The van der Waals surface area contributed by atoms with Crippen molar-refractivity contribution in [3.05, 3.63) is 54.0 Å². The second kappa shape index (κ2) is 4.73. The summed E-state index contributed by atoms with van der Waals surface area (Å²) in [5.41, 5.74) is 9.12. The van der Waals surface area contributed by atoms with Crippen LogP contribution in [0.25, 0.3) is 5.69 Å². The van der Waals surface area contributed by atoms with E-state index < -0.39 is 0 Å². The molecule has 1 aliphatic rings. The van der Waals surface area contributed by atoms with E-state index in [0.717, 1.165) is 16.9 Å². The first kappa shape index (κ1) is 12.1. The lowest BCUT2D eigenvalue weighted by molar-refractivity contribution is 0.619. The smallest absolute Gasteiger partial charge is 0.169 e. The molecule has 6 nitrogen and oxygen atoms in total. The number of para-hydroxylation sites is 1. The SMILES string of the molecule is Nc1nnn(Cc2cnn(-c3ccccc3)c2)c1C1CC1. The summed E-state index contributed by atoms with van der Waals surface area (Å²) in [5.74, 6) is 1.09. The van der Waals surface area contributed by atoms with Crippen LogP contribution in [0.2, 0.25) is 0 Å². The van der Waals surface area contributed by atoms with E-state index in [-0.39, 0.29) is 0 Å². The molecule has 0 radical (unpaired) electrons. The van der Waals surface area contributed by atoms with Gasteiger partial charge in [0.1, 0.15) is 0 Å². The van der Waals surface area contributed by atoms with Gasteiger partial charge in [-0.15, -0.1) is 5.10 Å². The molecule has 2 aromatic heterocycles. The van der Waals surface area contributed by atoms with Crippen LogP contribution in [-0.4, -0.2) is 24.8 Å². The lowest BCUT2D eigenvalue weighted by atomic mass is 10.2. The highest BCUT2D eigenvalue weighted by Crippen LogP contribution is 2.42. The Hall–Kier alpha value is -2.63. The predicted octanol–water partition coefficient (Wildman–Crippen LogP) is 1.97. The van der Waals surface area contributed by atoms with E-state index in [9.17, 15) is 0 Å². The van der Waals surface area contributed by atoms with Crippen molar-refractivity contribution < 1.29 is 0 Å². The minimum atomic E-state index is 0.532. The number of benzene rings is 1. The second-order valence-electron chi connectivity index (χ2n) is 5.42.